The minimum atomic E-state index is -0.459. The lowest BCUT2D eigenvalue weighted by Crippen LogP contribution is -2.93. The highest BCUT2D eigenvalue weighted by molar-refractivity contribution is 5.84. The molecule has 124 valence electrons. The van der Waals surface area contributed by atoms with Crippen molar-refractivity contribution in [1.29, 1.82) is 0 Å². The third-order valence-electron chi connectivity index (χ3n) is 4.79. The Morgan fingerprint density at radius 1 is 1.17 bits per heavy atom. The predicted molar refractivity (Wildman–Crippen MR) is 83.1 cm³/mol. The molecule has 3 N–H and O–H groups in total. The average Bonchev–Trinajstić information content (AvgIpc) is 3.17. The summed E-state index contributed by atoms with van der Waals surface area (Å²) in [6.45, 7) is 2.23. The molecule has 3 aliphatic rings. The number of benzene rings is 1. The maximum atomic E-state index is 12.0. The number of fused-ring (bicyclic) bond motifs is 1. The Balaban J connectivity index is 1.28. The van der Waals surface area contributed by atoms with Gasteiger partial charge in [0.15, 0.2) is 6.10 Å². The molecule has 1 aromatic carbocycles. The van der Waals surface area contributed by atoms with Gasteiger partial charge in [-0.25, -0.2) is 4.79 Å². The van der Waals surface area contributed by atoms with E-state index < -0.39 is 6.09 Å². The number of anilines is 1. The molecule has 6 heteroatoms. The molecule has 3 fully saturated rings. The Morgan fingerprint density at radius 3 is 2.74 bits per heavy atom. The third-order valence-corrected chi connectivity index (χ3v) is 4.79. The molecule has 1 saturated carbocycles. The van der Waals surface area contributed by atoms with E-state index in [4.69, 9.17) is 14.2 Å². The van der Waals surface area contributed by atoms with Gasteiger partial charge in [0.2, 0.25) is 0 Å². The van der Waals surface area contributed by atoms with E-state index in [1.165, 1.54) is 12.8 Å². The lowest BCUT2D eigenvalue weighted by Gasteiger charge is -2.16. The number of rotatable bonds is 5. The molecule has 0 aromatic heterocycles. The standard InChI is InChI=1S/C17H22N2O4/c20-17(19-12-4-2-1-3-5-12)23-14-10-22-15-13(9-21-16(14)15)18-8-11-6-7-11/h1-5,11,13-16,18H,6-10H2,(H,19,20)/p+1/t13-,14+,15+,16+/m0/s1. The first kappa shape index (κ1) is 14.9. The van der Waals surface area contributed by atoms with E-state index in [9.17, 15) is 4.79 Å². The van der Waals surface area contributed by atoms with Gasteiger partial charge in [0, 0.05) is 11.6 Å². The smallest absolute Gasteiger partial charge is 0.412 e. The lowest BCUT2D eigenvalue weighted by molar-refractivity contribution is -0.695. The molecule has 0 unspecified atom stereocenters. The van der Waals surface area contributed by atoms with E-state index >= 15 is 0 Å². The minimum Gasteiger partial charge on any atom is -0.441 e. The first-order valence-electron chi connectivity index (χ1n) is 8.39. The number of hydrogen-bond donors (Lipinski definition) is 2. The lowest BCUT2D eigenvalue weighted by atomic mass is 10.1. The van der Waals surface area contributed by atoms with Crippen LogP contribution < -0.4 is 10.6 Å². The van der Waals surface area contributed by atoms with Crippen molar-refractivity contribution >= 4 is 11.8 Å². The van der Waals surface area contributed by atoms with Crippen LogP contribution >= 0.6 is 0 Å². The molecule has 1 aliphatic carbocycles. The van der Waals surface area contributed by atoms with Crippen molar-refractivity contribution < 1.29 is 24.3 Å². The van der Waals surface area contributed by atoms with Crippen LogP contribution in [0.2, 0.25) is 0 Å². The predicted octanol–water partition coefficient (Wildman–Crippen LogP) is 0.743. The Hall–Kier alpha value is -1.63. The molecule has 4 atom stereocenters. The molecule has 1 amide bonds. The highest BCUT2D eigenvalue weighted by Gasteiger charge is 2.51. The molecule has 1 aromatic rings. The van der Waals surface area contributed by atoms with Gasteiger partial charge in [-0.3, -0.25) is 5.32 Å². The zero-order chi connectivity index (χ0) is 15.6. The fraction of sp³-hybridized carbons (Fsp3) is 0.588. The number of carbonyl (C=O) groups excluding carboxylic acids is 1. The first-order valence-corrected chi connectivity index (χ1v) is 8.39. The summed E-state index contributed by atoms with van der Waals surface area (Å²) in [7, 11) is 0. The van der Waals surface area contributed by atoms with E-state index in [1.54, 1.807) is 0 Å². The quantitative estimate of drug-likeness (QED) is 0.840. The van der Waals surface area contributed by atoms with Crippen LogP contribution in [0.4, 0.5) is 10.5 Å². The Labute approximate surface area is 135 Å². The average molecular weight is 319 g/mol. The molecule has 0 bridgehead atoms. The van der Waals surface area contributed by atoms with Crippen LogP contribution in [0.15, 0.2) is 30.3 Å². The van der Waals surface area contributed by atoms with Gasteiger partial charge in [-0.05, 0) is 25.0 Å². The van der Waals surface area contributed by atoms with Crippen LogP contribution in [0.25, 0.3) is 0 Å². The number of carbonyl (C=O) groups is 1. The highest BCUT2D eigenvalue weighted by atomic mass is 16.6. The van der Waals surface area contributed by atoms with Gasteiger partial charge < -0.3 is 19.5 Å². The molecule has 0 spiro atoms. The summed E-state index contributed by atoms with van der Waals surface area (Å²) in [6, 6.07) is 9.60. The van der Waals surface area contributed by atoms with Gasteiger partial charge in [-0.2, -0.15) is 0 Å². The summed E-state index contributed by atoms with van der Waals surface area (Å²) in [5.41, 5.74) is 0.718. The second kappa shape index (κ2) is 6.47. The van der Waals surface area contributed by atoms with Crippen molar-refractivity contribution in [3.05, 3.63) is 30.3 Å². The monoisotopic (exact) mass is 319 g/mol. The molecule has 2 heterocycles. The number of para-hydroxylation sites is 1. The molecular formula is C17H23N2O4+. The second-order valence-electron chi connectivity index (χ2n) is 6.61. The maximum absolute atomic E-state index is 12.0. The fourth-order valence-corrected chi connectivity index (χ4v) is 3.32. The molecule has 2 aliphatic heterocycles. The van der Waals surface area contributed by atoms with Gasteiger partial charge in [-0.1, -0.05) is 18.2 Å². The first-order chi connectivity index (χ1) is 11.3. The third kappa shape index (κ3) is 3.49. The van der Waals surface area contributed by atoms with Crippen LogP contribution in [0.3, 0.4) is 0 Å². The van der Waals surface area contributed by atoms with Crippen LogP contribution in [-0.4, -0.2) is 50.2 Å². The number of nitrogens with one attached hydrogen (secondary N) is 1. The van der Waals surface area contributed by atoms with E-state index in [-0.39, 0.29) is 18.3 Å². The normalized spacial score (nSPS) is 32.5. The Bertz CT molecular complexity index is 549. The largest absolute Gasteiger partial charge is 0.441 e. The van der Waals surface area contributed by atoms with Crippen molar-refractivity contribution in [3.63, 3.8) is 0 Å². The van der Waals surface area contributed by atoms with E-state index in [0.717, 1.165) is 18.2 Å². The molecule has 6 nitrogen and oxygen atoms in total. The number of quaternary nitrogens is 1. The summed E-state index contributed by atoms with van der Waals surface area (Å²) in [4.78, 5) is 12.0. The van der Waals surface area contributed by atoms with Crippen molar-refractivity contribution in [1.82, 2.24) is 0 Å². The number of ether oxygens (including phenoxy) is 3. The van der Waals surface area contributed by atoms with Gasteiger partial charge >= 0.3 is 6.09 Å². The van der Waals surface area contributed by atoms with Gasteiger partial charge in [-0.15, -0.1) is 0 Å². The van der Waals surface area contributed by atoms with Crippen LogP contribution in [0.5, 0.6) is 0 Å². The maximum Gasteiger partial charge on any atom is 0.412 e. The van der Waals surface area contributed by atoms with Crippen molar-refractivity contribution in [2.75, 3.05) is 25.1 Å². The summed E-state index contributed by atoms with van der Waals surface area (Å²) >= 11 is 0. The molecule has 0 radical (unpaired) electrons. The van der Waals surface area contributed by atoms with Crippen LogP contribution in [0, 0.1) is 5.92 Å². The van der Waals surface area contributed by atoms with Crippen molar-refractivity contribution in [2.45, 2.75) is 37.2 Å². The second-order valence-corrected chi connectivity index (χ2v) is 6.61. The number of nitrogens with two attached hydrogens (primary N) is 1. The number of amides is 1. The van der Waals surface area contributed by atoms with Crippen LogP contribution in [0.1, 0.15) is 12.8 Å². The van der Waals surface area contributed by atoms with E-state index in [2.05, 4.69) is 10.6 Å². The van der Waals surface area contributed by atoms with Gasteiger partial charge in [0.05, 0.1) is 13.2 Å². The molecule has 4 rings (SSSR count). The van der Waals surface area contributed by atoms with Crippen molar-refractivity contribution in [2.24, 2.45) is 5.92 Å². The van der Waals surface area contributed by atoms with Crippen LogP contribution in [-0.2, 0) is 14.2 Å². The SMILES string of the molecule is O=C(Nc1ccccc1)O[C@@H]1CO[C@H]2[C@@H]1OC[C@@H]2[NH2+]CC1CC1. The Kier molecular flexibility index (Phi) is 4.20. The van der Waals surface area contributed by atoms with Gasteiger partial charge in [0.25, 0.3) is 0 Å². The zero-order valence-electron chi connectivity index (χ0n) is 13.0. The molecule has 2 saturated heterocycles. The summed E-state index contributed by atoms with van der Waals surface area (Å²) in [6.07, 6.45) is 1.80. The minimum absolute atomic E-state index is 0.0308. The zero-order valence-corrected chi connectivity index (χ0v) is 13.0. The highest BCUT2D eigenvalue weighted by Crippen LogP contribution is 2.29. The Morgan fingerprint density at radius 2 is 1.96 bits per heavy atom. The molecular weight excluding hydrogens is 296 g/mol. The summed E-state index contributed by atoms with van der Waals surface area (Å²) < 4.78 is 17.2. The topological polar surface area (TPSA) is 73.4 Å². The summed E-state index contributed by atoms with van der Waals surface area (Å²) in [5, 5.41) is 5.07. The fourth-order valence-electron chi connectivity index (χ4n) is 3.32. The number of hydrogen-bond acceptors (Lipinski definition) is 4. The van der Waals surface area contributed by atoms with E-state index in [0.29, 0.717) is 19.3 Å². The van der Waals surface area contributed by atoms with E-state index in [1.807, 2.05) is 30.3 Å². The molecule has 23 heavy (non-hydrogen) atoms. The van der Waals surface area contributed by atoms with Crippen molar-refractivity contribution in [3.8, 4) is 0 Å². The summed E-state index contributed by atoms with van der Waals surface area (Å²) in [5.74, 6) is 0.874. The van der Waals surface area contributed by atoms with Gasteiger partial charge in [0.1, 0.15) is 24.9 Å².